The largest absolute Gasteiger partial charge is 0.271 e. The fourth-order valence-electron chi connectivity index (χ4n) is 2.52. The maximum Gasteiger partial charge on any atom is 0.0503 e. The van der Waals surface area contributed by atoms with Crippen LogP contribution in [0.15, 0.2) is 40.9 Å². The van der Waals surface area contributed by atoms with Gasteiger partial charge >= 0.3 is 0 Å². The highest BCUT2D eigenvalue weighted by molar-refractivity contribution is 9.10. The van der Waals surface area contributed by atoms with Crippen LogP contribution < -0.4 is 11.3 Å². The van der Waals surface area contributed by atoms with Gasteiger partial charge in [-0.1, -0.05) is 40.2 Å². The molecule has 1 unspecified atom stereocenters. The highest BCUT2D eigenvalue weighted by atomic mass is 79.9. The summed E-state index contributed by atoms with van der Waals surface area (Å²) in [5.41, 5.74) is 9.41. The number of hydrogen-bond donors (Lipinski definition) is 2. The molecule has 0 fully saturated rings. The smallest absolute Gasteiger partial charge is 0.0503 e. The molecule has 2 nitrogen and oxygen atoms in total. The number of halogens is 1. The van der Waals surface area contributed by atoms with Crippen molar-refractivity contribution >= 4 is 15.9 Å². The minimum absolute atomic E-state index is 0.128. The lowest BCUT2D eigenvalue weighted by Gasteiger charge is -2.20. The molecule has 0 saturated carbocycles. The molecule has 1 atom stereocenters. The number of nitrogens with one attached hydrogen (secondary N) is 1. The summed E-state index contributed by atoms with van der Waals surface area (Å²) in [5, 5.41) is 0. The van der Waals surface area contributed by atoms with Crippen molar-refractivity contribution in [1.82, 2.24) is 5.43 Å². The molecule has 20 heavy (non-hydrogen) atoms. The van der Waals surface area contributed by atoms with E-state index in [4.69, 9.17) is 5.84 Å². The second-order valence-corrected chi connectivity index (χ2v) is 6.26. The summed E-state index contributed by atoms with van der Waals surface area (Å²) in [6.07, 6.45) is 0.874. The summed E-state index contributed by atoms with van der Waals surface area (Å²) in [5.74, 6) is 5.79. The number of hydrogen-bond acceptors (Lipinski definition) is 2. The average Bonchev–Trinajstić information content (AvgIpc) is 2.40. The van der Waals surface area contributed by atoms with Gasteiger partial charge in [0, 0.05) is 4.47 Å². The molecule has 106 valence electrons. The minimum atomic E-state index is 0.128. The van der Waals surface area contributed by atoms with Crippen molar-refractivity contribution in [2.24, 2.45) is 5.84 Å². The van der Waals surface area contributed by atoms with E-state index >= 15 is 0 Å². The minimum Gasteiger partial charge on any atom is -0.271 e. The van der Waals surface area contributed by atoms with Gasteiger partial charge in [-0.3, -0.25) is 11.3 Å². The summed E-state index contributed by atoms with van der Waals surface area (Å²) in [7, 11) is 0. The first-order chi connectivity index (χ1) is 9.51. The lowest BCUT2D eigenvalue weighted by atomic mass is 9.92. The van der Waals surface area contributed by atoms with Gasteiger partial charge in [0.15, 0.2) is 0 Å². The lowest BCUT2D eigenvalue weighted by Crippen LogP contribution is -2.30. The molecular weight excluding hydrogens is 312 g/mol. The van der Waals surface area contributed by atoms with Gasteiger partial charge < -0.3 is 0 Å². The molecule has 3 N–H and O–H groups in total. The highest BCUT2D eigenvalue weighted by Crippen LogP contribution is 2.25. The van der Waals surface area contributed by atoms with Crippen LogP contribution in [0.1, 0.15) is 33.9 Å². The number of nitrogens with two attached hydrogens (primary N) is 1. The standard InChI is InChI=1S/C17H21BrN2/c1-11-7-13(3)16(8-12(11)2)17(20-19)10-14-5-4-6-15(18)9-14/h4-9,17,20H,10,19H2,1-3H3. The molecule has 0 spiro atoms. The van der Waals surface area contributed by atoms with Gasteiger partial charge in [-0.2, -0.15) is 0 Å². The van der Waals surface area contributed by atoms with Gasteiger partial charge in [0.25, 0.3) is 0 Å². The van der Waals surface area contributed by atoms with Gasteiger partial charge in [0.1, 0.15) is 0 Å². The third kappa shape index (κ3) is 3.48. The van der Waals surface area contributed by atoms with E-state index in [0.29, 0.717) is 0 Å². The Kier molecular flexibility index (Phi) is 4.97. The van der Waals surface area contributed by atoms with Crippen molar-refractivity contribution in [3.63, 3.8) is 0 Å². The van der Waals surface area contributed by atoms with Crippen LogP contribution in [0.2, 0.25) is 0 Å². The van der Waals surface area contributed by atoms with E-state index < -0.39 is 0 Å². The number of hydrazine groups is 1. The van der Waals surface area contributed by atoms with Crippen molar-refractivity contribution in [1.29, 1.82) is 0 Å². The van der Waals surface area contributed by atoms with Crippen LogP contribution in [0.3, 0.4) is 0 Å². The molecule has 0 amide bonds. The fourth-order valence-corrected chi connectivity index (χ4v) is 2.96. The van der Waals surface area contributed by atoms with E-state index in [-0.39, 0.29) is 6.04 Å². The van der Waals surface area contributed by atoms with Crippen molar-refractivity contribution in [2.75, 3.05) is 0 Å². The Labute approximate surface area is 129 Å². The predicted octanol–water partition coefficient (Wildman–Crippen LogP) is 4.12. The molecule has 0 aliphatic rings. The van der Waals surface area contributed by atoms with Crippen LogP contribution in [-0.4, -0.2) is 0 Å². The normalized spacial score (nSPS) is 12.4. The number of benzene rings is 2. The van der Waals surface area contributed by atoms with Crippen LogP contribution in [0, 0.1) is 20.8 Å². The van der Waals surface area contributed by atoms with Crippen molar-refractivity contribution < 1.29 is 0 Å². The second-order valence-electron chi connectivity index (χ2n) is 5.35. The summed E-state index contributed by atoms with van der Waals surface area (Å²) in [4.78, 5) is 0. The quantitative estimate of drug-likeness (QED) is 0.652. The first-order valence-electron chi connectivity index (χ1n) is 6.79. The van der Waals surface area contributed by atoms with Crippen molar-refractivity contribution in [2.45, 2.75) is 33.2 Å². The van der Waals surface area contributed by atoms with E-state index in [9.17, 15) is 0 Å². The van der Waals surface area contributed by atoms with Crippen LogP contribution in [0.5, 0.6) is 0 Å². The highest BCUT2D eigenvalue weighted by Gasteiger charge is 2.14. The number of rotatable bonds is 4. The SMILES string of the molecule is Cc1cc(C)c(C(Cc2cccc(Br)c2)NN)cc1C. The maximum atomic E-state index is 5.79. The number of aryl methyl sites for hydroxylation is 3. The second kappa shape index (κ2) is 6.53. The summed E-state index contributed by atoms with van der Waals surface area (Å²) < 4.78 is 1.10. The first kappa shape index (κ1) is 15.2. The van der Waals surface area contributed by atoms with Gasteiger partial charge in [-0.05, 0) is 67.1 Å². The van der Waals surface area contributed by atoms with E-state index in [2.05, 4.69) is 72.5 Å². The third-order valence-corrected chi connectivity index (χ3v) is 4.28. The average molecular weight is 333 g/mol. The van der Waals surface area contributed by atoms with E-state index in [1.807, 2.05) is 6.07 Å². The summed E-state index contributed by atoms with van der Waals surface area (Å²) in [6, 6.07) is 13.0. The van der Waals surface area contributed by atoms with Crippen molar-refractivity contribution in [3.05, 3.63) is 68.7 Å². The van der Waals surface area contributed by atoms with Gasteiger partial charge in [-0.25, -0.2) is 0 Å². The van der Waals surface area contributed by atoms with Gasteiger partial charge in [0.2, 0.25) is 0 Å². The molecule has 2 aromatic rings. The molecule has 0 aromatic heterocycles. The molecule has 0 bridgehead atoms. The first-order valence-corrected chi connectivity index (χ1v) is 7.59. The van der Waals surface area contributed by atoms with Crippen LogP contribution >= 0.6 is 15.9 Å². The topological polar surface area (TPSA) is 38.0 Å². The van der Waals surface area contributed by atoms with Crippen LogP contribution in [0.4, 0.5) is 0 Å². The zero-order chi connectivity index (χ0) is 14.7. The van der Waals surface area contributed by atoms with Gasteiger partial charge in [0.05, 0.1) is 6.04 Å². The zero-order valence-corrected chi connectivity index (χ0v) is 13.8. The molecule has 2 aromatic carbocycles. The Morgan fingerprint density at radius 3 is 2.40 bits per heavy atom. The molecule has 0 radical (unpaired) electrons. The molecule has 3 heteroatoms. The summed E-state index contributed by atoms with van der Waals surface area (Å²) in [6.45, 7) is 6.43. The van der Waals surface area contributed by atoms with Crippen molar-refractivity contribution in [3.8, 4) is 0 Å². The van der Waals surface area contributed by atoms with E-state index in [0.717, 1.165) is 10.9 Å². The summed E-state index contributed by atoms with van der Waals surface area (Å²) >= 11 is 3.51. The molecule has 2 rings (SSSR count). The van der Waals surface area contributed by atoms with E-state index in [1.54, 1.807) is 0 Å². The van der Waals surface area contributed by atoms with Gasteiger partial charge in [-0.15, -0.1) is 0 Å². The molecule has 0 saturated heterocycles. The Morgan fingerprint density at radius 1 is 1.05 bits per heavy atom. The lowest BCUT2D eigenvalue weighted by molar-refractivity contribution is 0.549. The molecule has 0 aliphatic heterocycles. The predicted molar refractivity (Wildman–Crippen MR) is 88.6 cm³/mol. The molecule has 0 heterocycles. The zero-order valence-electron chi connectivity index (χ0n) is 12.2. The maximum absolute atomic E-state index is 5.79. The Balaban J connectivity index is 2.31. The Morgan fingerprint density at radius 2 is 1.75 bits per heavy atom. The van der Waals surface area contributed by atoms with Crippen LogP contribution in [0.25, 0.3) is 0 Å². The Hall–Kier alpha value is -1.16. The van der Waals surface area contributed by atoms with Crippen LogP contribution in [-0.2, 0) is 6.42 Å². The molecule has 0 aliphatic carbocycles. The van der Waals surface area contributed by atoms with E-state index in [1.165, 1.54) is 27.8 Å². The Bertz CT molecular complexity index is 608. The fraction of sp³-hybridized carbons (Fsp3) is 0.294. The third-order valence-electron chi connectivity index (χ3n) is 3.79. The monoisotopic (exact) mass is 332 g/mol. The molecular formula is C17H21BrN2.